The lowest BCUT2D eigenvalue weighted by Gasteiger charge is -2.34. The monoisotopic (exact) mass is 380 g/mol. The molecule has 0 saturated carbocycles. The van der Waals surface area contributed by atoms with Gasteiger partial charge in [0.15, 0.2) is 0 Å². The van der Waals surface area contributed by atoms with E-state index in [2.05, 4.69) is 15.9 Å². The van der Waals surface area contributed by atoms with Crippen LogP contribution >= 0.6 is 15.9 Å². The maximum Gasteiger partial charge on any atom is 0.244 e. The predicted octanol–water partition coefficient (Wildman–Crippen LogP) is 2.10. The van der Waals surface area contributed by atoms with Crippen molar-refractivity contribution in [3.63, 3.8) is 0 Å². The summed E-state index contributed by atoms with van der Waals surface area (Å²) >= 11 is 3.09. The zero-order chi connectivity index (χ0) is 15.6. The van der Waals surface area contributed by atoms with Crippen molar-refractivity contribution in [3.8, 4) is 0 Å². The summed E-state index contributed by atoms with van der Waals surface area (Å²) in [7, 11) is -3.77. The van der Waals surface area contributed by atoms with Gasteiger partial charge in [0.25, 0.3) is 0 Å². The number of rotatable bonds is 4. The summed E-state index contributed by atoms with van der Waals surface area (Å²) in [4.78, 5) is -0.0359. The maximum absolute atomic E-state index is 13.4. The van der Waals surface area contributed by atoms with E-state index in [9.17, 15) is 12.8 Å². The first kappa shape index (κ1) is 16.7. The van der Waals surface area contributed by atoms with Crippen LogP contribution in [-0.4, -0.2) is 37.0 Å². The molecular formula is C13H18BrFN2O3S. The molecule has 1 unspecified atom stereocenters. The lowest BCUT2D eigenvalue weighted by atomic mass is 10.0. The Balaban J connectivity index is 2.43. The third-order valence-electron chi connectivity index (χ3n) is 3.67. The molecular weight excluding hydrogens is 363 g/mol. The number of anilines is 1. The van der Waals surface area contributed by atoms with Crippen LogP contribution in [0, 0.1) is 5.82 Å². The van der Waals surface area contributed by atoms with Crippen molar-refractivity contribution in [2.24, 2.45) is 0 Å². The van der Waals surface area contributed by atoms with Crippen molar-refractivity contribution < 1.29 is 17.9 Å². The number of hydrogen-bond donors (Lipinski definition) is 2. The van der Waals surface area contributed by atoms with E-state index in [-0.39, 0.29) is 27.7 Å². The summed E-state index contributed by atoms with van der Waals surface area (Å²) in [6.07, 6.45) is 2.82. The Hall–Kier alpha value is -0.700. The third-order valence-corrected chi connectivity index (χ3v) is 6.58. The molecule has 1 aromatic rings. The zero-order valence-electron chi connectivity index (χ0n) is 11.4. The van der Waals surface area contributed by atoms with E-state index in [0.29, 0.717) is 19.4 Å². The molecule has 1 saturated heterocycles. The topological polar surface area (TPSA) is 83.6 Å². The second-order valence-corrected chi connectivity index (χ2v) is 7.80. The minimum atomic E-state index is -3.77. The number of nitrogens with two attached hydrogens (primary N) is 1. The highest BCUT2D eigenvalue weighted by molar-refractivity contribution is 9.10. The lowest BCUT2D eigenvalue weighted by molar-refractivity contribution is 0.192. The molecule has 1 aliphatic heterocycles. The van der Waals surface area contributed by atoms with Gasteiger partial charge in [-0.25, -0.2) is 12.8 Å². The van der Waals surface area contributed by atoms with Gasteiger partial charge in [-0.05, 0) is 47.3 Å². The number of nitrogen functional groups attached to an aromatic ring is 1. The predicted molar refractivity (Wildman–Crippen MR) is 81.7 cm³/mol. The van der Waals surface area contributed by atoms with E-state index in [1.54, 1.807) is 0 Å². The van der Waals surface area contributed by atoms with Gasteiger partial charge in [-0.15, -0.1) is 0 Å². The Bertz CT molecular complexity index is 622. The van der Waals surface area contributed by atoms with Crippen molar-refractivity contribution >= 4 is 31.6 Å². The van der Waals surface area contributed by atoms with E-state index < -0.39 is 15.8 Å². The van der Waals surface area contributed by atoms with Gasteiger partial charge in [0, 0.05) is 23.7 Å². The van der Waals surface area contributed by atoms with Gasteiger partial charge in [0.1, 0.15) is 5.82 Å². The SMILES string of the molecule is Nc1cc(S(=O)(=O)N2CCCCC2CCO)c(Br)cc1F. The Morgan fingerprint density at radius 3 is 2.81 bits per heavy atom. The van der Waals surface area contributed by atoms with Crippen molar-refractivity contribution in [2.45, 2.75) is 36.6 Å². The van der Waals surface area contributed by atoms with Crippen LogP contribution in [0.25, 0.3) is 0 Å². The minimum absolute atomic E-state index is 0.0359. The molecule has 0 aliphatic carbocycles. The van der Waals surface area contributed by atoms with Gasteiger partial charge in [-0.1, -0.05) is 6.42 Å². The molecule has 1 fully saturated rings. The molecule has 1 heterocycles. The number of piperidine rings is 1. The maximum atomic E-state index is 13.4. The molecule has 0 amide bonds. The number of nitrogens with zero attached hydrogens (tertiary/aromatic N) is 1. The van der Waals surface area contributed by atoms with Crippen LogP contribution in [-0.2, 0) is 10.0 Å². The molecule has 1 aromatic carbocycles. The van der Waals surface area contributed by atoms with E-state index >= 15 is 0 Å². The van der Waals surface area contributed by atoms with Crippen LogP contribution in [0.5, 0.6) is 0 Å². The van der Waals surface area contributed by atoms with Crippen molar-refractivity contribution in [3.05, 3.63) is 22.4 Å². The minimum Gasteiger partial charge on any atom is -0.396 e. The molecule has 0 spiro atoms. The summed E-state index contributed by atoms with van der Waals surface area (Å²) in [5.74, 6) is -0.661. The Labute approximate surface area is 132 Å². The summed E-state index contributed by atoms with van der Waals surface area (Å²) in [6.45, 7) is 0.333. The molecule has 1 aliphatic rings. The fraction of sp³-hybridized carbons (Fsp3) is 0.538. The number of sulfonamides is 1. The second-order valence-electron chi connectivity index (χ2n) is 5.08. The normalized spacial score (nSPS) is 20.6. The fourth-order valence-corrected chi connectivity index (χ4v) is 5.33. The highest BCUT2D eigenvalue weighted by Gasteiger charge is 2.34. The number of halogens is 2. The zero-order valence-corrected chi connectivity index (χ0v) is 13.8. The van der Waals surface area contributed by atoms with Gasteiger partial charge in [-0.3, -0.25) is 0 Å². The Kier molecular flexibility index (Phi) is 5.24. The molecule has 8 heteroatoms. The van der Waals surface area contributed by atoms with E-state index in [4.69, 9.17) is 10.8 Å². The first-order valence-corrected chi connectivity index (χ1v) is 8.98. The average Bonchev–Trinajstić information content (AvgIpc) is 2.43. The molecule has 5 nitrogen and oxygen atoms in total. The molecule has 118 valence electrons. The molecule has 21 heavy (non-hydrogen) atoms. The van der Waals surface area contributed by atoms with Gasteiger partial charge in [0.05, 0.1) is 10.6 Å². The van der Waals surface area contributed by atoms with Gasteiger partial charge < -0.3 is 10.8 Å². The molecule has 0 radical (unpaired) electrons. The van der Waals surface area contributed by atoms with E-state index in [0.717, 1.165) is 25.0 Å². The summed E-state index contributed by atoms with van der Waals surface area (Å²) in [5.41, 5.74) is 5.29. The first-order valence-electron chi connectivity index (χ1n) is 6.75. The first-order chi connectivity index (χ1) is 9.87. The van der Waals surface area contributed by atoms with Gasteiger partial charge in [0.2, 0.25) is 10.0 Å². The Morgan fingerprint density at radius 1 is 1.43 bits per heavy atom. The highest BCUT2D eigenvalue weighted by atomic mass is 79.9. The van der Waals surface area contributed by atoms with Crippen LogP contribution in [0.1, 0.15) is 25.7 Å². The van der Waals surface area contributed by atoms with Crippen LogP contribution in [0.3, 0.4) is 0 Å². The van der Waals surface area contributed by atoms with E-state index in [1.165, 1.54) is 4.31 Å². The molecule has 1 atom stereocenters. The smallest absolute Gasteiger partial charge is 0.244 e. The molecule has 3 N–H and O–H groups in total. The van der Waals surface area contributed by atoms with Crippen LogP contribution in [0.4, 0.5) is 10.1 Å². The number of aliphatic hydroxyl groups excluding tert-OH is 1. The van der Waals surface area contributed by atoms with E-state index in [1.807, 2.05) is 0 Å². The fourth-order valence-electron chi connectivity index (χ4n) is 2.60. The molecule has 2 rings (SSSR count). The summed E-state index contributed by atoms with van der Waals surface area (Å²) in [5, 5.41) is 9.11. The number of aliphatic hydroxyl groups is 1. The van der Waals surface area contributed by atoms with Gasteiger partial charge >= 0.3 is 0 Å². The van der Waals surface area contributed by atoms with Crippen molar-refractivity contribution in [1.82, 2.24) is 4.31 Å². The summed E-state index contributed by atoms with van der Waals surface area (Å²) in [6, 6.07) is 1.97. The summed E-state index contributed by atoms with van der Waals surface area (Å²) < 4.78 is 40.5. The highest BCUT2D eigenvalue weighted by Crippen LogP contribution is 2.33. The van der Waals surface area contributed by atoms with Crippen LogP contribution in [0.2, 0.25) is 0 Å². The van der Waals surface area contributed by atoms with Crippen molar-refractivity contribution in [1.29, 1.82) is 0 Å². The average molecular weight is 381 g/mol. The number of hydrogen-bond acceptors (Lipinski definition) is 4. The second kappa shape index (κ2) is 6.60. The van der Waals surface area contributed by atoms with Crippen LogP contribution < -0.4 is 5.73 Å². The van der Waals surface area contributed by atoms with Crippen LogP contribution in [0.15, 0.2) is 21.5 Å². The van der Waals surface area contributed by atoms with Crippen molar-refractivity contribution in [2.75, 3.05) is 18.9 Å². The lowest BCUT2D eigenvalue weighted by Crippen LogP contribution is -2.44. The standard InChI is InChI=1S/C13H18BrFN2O3S/c14-10-7-11(15)12(16)8-13(10)21(19,20)17-5-2-1-3-9(17)4-6-18/h7-9,18H,1-6,16H2. The third kappa shape index (κ3) is 3.39. The molecule has 0 bridgehead atoms. The van der Waals surface area contributed by atoms with Gasteiger partial charge in [-0.2, -0.15) is 4.31 Å². The Morgan fingerprint density at radius 2 is 2.14 bits per heavy atom. The largest absolute Gasteiger partial charge is 0.396 e. The molecule has 0 aromatic heterocycles. The quantitative estimate of drug-likeness (QED) is 0.783. The number of benzene rings is 1.